The molecule has 1 aromatic heterocycles. The Balaban J connectivity index is 1.66. The first kappa shape index (κ1) is 22.2. The van der Waals surface area contributed by atoms with Crippen LogP contribution in [0.15, 0.2) is 54.6 Å². The van der Waals surface area contributed by atoms with Gasteiger partial charge in [-0.25, -0.2) is 9.48 Å². The number of amides is 1. The third-order valence-corrected chi connectivity index (χ3v) is 5.04. The van der Waals surface area contributed by atoms with Crippen LogP contribution in [0.5, 0.6) is 0 Å². The van der Waals surface area contributed by atoms with Crippen molar-refractivity contribution in [3.63, 3.8) is 0 Å². The summed E-state index contributed by atoms with van der Waals surface area (Å²) in [6.07, 6.45) is -1.06. The number of nitrogens with one attached hydrogen (secondary N) is 1. The van der Waals surface area contributed by atoms with E-state index in [1.165, 1.54) is 18.5 Å². The summed E-state index contributed by atoms with van der Waals surface area (Å²) in [5.74, 6) is -1.30. The molecule has 2 aromatic carbocycles. The molecule has 0 fully saturated rings. The van der Waals surface area contributed by atoms with E-state index in [0.717, 1.165) is 5.56 Å². The van der Waals surface area contributed by atoms with Gasteiger partial charge in [0.25, 0.3) is 5.91 Å². The van der Waals surface area contributed by atoms with Crippen LogP contribution >= 0.6 is 11.6 Å². The van der Waals surface area contributed by atoms with Crippen LogP contribution in [0.25, 0.3) is 0 Å². The summed E-state index contributed by atoms with van der Waals surface area (Å²) in [6.45, 7) is 4.99. The van der Waals surface area contributed by atoms with Crippen LogP contribution in [0.4, 0.5) is 5.69 Å². The Hall–Kier alpha value is -3.45. The Morgan fingerprint density at radius 1 is 1.10 bits per heavy atom. The quantitative estimate of drug-likeness (QED) is 0.438. The van der Waals surface area contributed by atoms with Gasteiger partial charge in [0, 0.05) is 11.3 Å². The van der Waals surface area contributed by atoms with Gasteiger partial charge >= 0.3 is 5.97 Å². The lowest BCUT2D eigenvalue weighted by Crippen LogP contribution is -2.30. The number of Topliss-reactive ketones (excluding diaryl/α,β-unsaturated/α-hetero) is 1. The van der Waals surface area contributed by atoms with Crippen LogP contribution in [0, 0.1) is 6.92 Å². The fourth-order valence-electron chi connectivity index (χ4n) is 2.95. The lowest BCUT2D eigenvalue weighted by Gasteiger charge is -2.13. The Morgan fingerprint density at radius 3 is 2.35 bits per heavy atom. The normalized spacial score (nSPS) is 11.6. The van der Waals surface area contributed by atoms with Crippen LogP contribution in [0.1, 0.15) is 45.8 Å². The molecule has 0 aliphatic heterocycles. The summed E-state index contributed by atoms with van der Waals surface area (Å²) in [4.78, 5) is 36.4. The second-order valence-corrected chi connectivity index (χ2v) is 7.42. The zero-order valence-corrected chi connectivity index (χ0v) is 18.1. The first-order chi connectivity index (χ1) is 14.8. The molecule has 3 aromatic rings. The number of aromatic nitrogens is 2. The van der Waals surface area contributed by atoms with Crippen molar-refractivity contribution < 1.29 is 19.1 Å². The third kappa shape index (κ3) is 5.38. The maximum Gasteiger partial charge on any atom is 0.343 e. The van der Waals surface area contributed by atoms with Gasteiger partial charge < -0.3 is 10.1 Å². The number of ether oxygens (including phenoxy) is 1. The summed E-state index contributed by atoms with van der Waals surface area (Å²) < 4.78 is 6.83. The highest BCUT2D eigenvalue weighted by Gasteiger charge is 2.26. The Kier molecular flexibility index (Phi) is 6.87. The van der Waals surface area contributed by atoms with E-state index in [0.29, 0.717) is 23.5 Å². The minimum absolute atomic E-state index is 0.0692. The van der Waals surface area contributed by atoms with Gasteiger partial charge in [-0.15, -0.1) is 0 Å². The number of benzene rings is 2. The largest absolute Gasteiger partial charge is 0.449 e. The molecule has 0 bridgehead atoms. The van der Waals surface area contributed by atoms with Crippen molar-refractivity contribution in [2.75, 3.05) is 5.32 Å². The molecule has 0 aliphatic carbocycles. The number of esters is 1. The number of carbonyl (C=O) groups is 3. The fourth-order valence-corrected chi connectivity index (χ4v) is 3.26. The zero-order chi connectivity index (χ0) is 22.5. The predicted octanol–water partition coefficient (Wildman–Crippen LogP) is 4.28. The van der Waals surface area contributed by atoms with Crippen LogP contribution < -0.4 is 5.32 Å². The zero-order valence-electron chi connectivity index (χ0n) is 17.4. The Bertz CT molecular complexity index is 1110. The molecule has 0 saturated heterocycles. The summed E-state index contributed by atoms with van der Waals surface area (Å²) in [5.41, 5.74) is 2.55. The van der Waals surface area contributed by atoms with Crippen molar-refractivity contribution in [2.45, 2.75) is 33.4 Å². The van der Waals surface area contributed by atoms with Gasteiger partial charge in [0.05, 0.1) is 12.2 Å². The molecule has 1 heterocycles. The van der Waals surface area contributed by atoms with E-state index in [-0.39, 0.29) is 16.5 Å². The van der Waals surface area contributed by atoms with E-state index in [9.17, 15) is 14.4 Å². The summed E-state index contributed by atoms with van der Waals surface area (Å²) in [7, 11) is 0. The van der Waals surface area contributed by atoms with Gasteiger partial charge in [0.1, 0.15) is 10.7 Å². The van der Waals surface area contributed by atoms with E-state index in [4.69, 9.17) is 16.3 Å². The highest BCUT2D eigenvalue weighted by Crippen LogP contribution is 2.22. The van der Waals surface area contributed by atoms with Gasteiger partial charge in [-0.1, -0.05) is 41.9 Å². The average molecular weight is 440 g/mol. The molecule has 3 rings (SSSR count). The molecule has 7 nitrogen and oxygen atoms in total. The molecule has 1 amide bonds. The molecule has 1 atom stereocenters. The highest BCUT2D eigenvalue weighted by atomic mass is 35.5. The van der Waals surface area contributed by atoms with Crippen molar-refractivity contribution in [2.24, 2.45) is 0 Å². The summed E-state index contributed by atoms with van der Waals surface area (Å²) in [5, 5.41) is 7.13. The van der Waals surface area contributed by atoms with E-state index in [1.807, 2.05) is 30.3 Å². The SMILES string of the molecule is CC(=O)c1ccc(NC(=O)C(C)OC(=O)c2c(C)nn(Cc3ccccc3)c2Cl)cc1. The number of rotatable bonds is 7. The highest BCUT2D eigenvalue weighted by molar-refractivity contribution is 6.32. The second kappa shape index (κ2) is 9.57. The number of anilines is 1. The Labute approximate surface area is 185 Å². The molecule has 0 saturated carbocycles. The number of hydrogen-bond acceptors (Lipinski definition) is 5. The van der Waals surface area contributed by atoms with Crippen molar-refractivity contribution in [1.82, 2.24) is 9.78 Å². The summed E-state index contributed by atoms with van der Waals surface area (Å²) >= 11 is 6.38. The molecular weight excluding hydrogens is 418 g/mol. The van der Waals surface area contributed by atoms with Gasteiger partial charge in [-0.2, -0.15) is 5.10 Å². The number of carbonyl (C=O) groups excluding carboxylic acids is 3. The van der Waals surface area contributed by atoms with Gasteiger partial charge in [0.2, 0.25) is 0 Å². The average Bonchev–Trinajstić information content (AvgIpc) is 3.02. The van der Waals surface area contributed by atoms with E-state index in [2.05, 4.69) is 10.4 Å². The molecule has 160 valence electrons. The molecule has 1 unspecified atom stereocenters. The topological polar surface area (TPSA) is 90.3 Å². The van der Waals surface area contributed by atoms with Crippen LogP contribution in [-0.4, -0.2) is 33.5 Å². The number of halogens is 1. The van der Waals surface area contributed by atoms with Crippen LogP contribution in [-0.2, 0) is 16.1 Å². The minimum atomic E-state index is -1.06. The second-order valence-electron chi connectivity index (χ2n) is 7.06. The van der Waals surface area contributed by atoms with E-state index >= 15 is 0 Å². The monoisotopic (exact) mass is 439 g/mol. The lowest BCUT2D eigenvalue weighted by molar-refractivity contribution is -0.123. The van der Waals surface area contributed by atoms with E-state index < -0.39 is 18.0 Å². The van der Waals surface area contributed by atoms with Crippen LogP contribution in [0.3, 0.4) is 0 Å². The molecule has 31 heavy (non-hydrogen) atoms. The number of hydrogen-bond donors (Lipinski definition) is 1. The van der Waals surface area contributed by atoms with Gasteiger partial charge in [-0.05, 0) is 50.6 Å². The lowest BCUT2D eigenvalue weighted by atomic mass is 10.1. The van der Waals surface area contributed by atoms with Crippen molar-refractivity contribution in [1.29, 1.82) is 0 Å². The van der Waals surface area contributed by atoms with Gasteiger partial charge in [0.15, 0.2) is 11.9 Å². The van der Waals surface area contributed by atoms with Crippen molar-refractivity contribution in [3.8, 4) is 0 Å². The maximum atomic E-state index is 12.7. The fraction of sp³-hybridized carbons (Fsp3) is 0.217. The predicted molar refractivity (Wildman–Crippen MR) is 117 cm³/mol. The first-order valence-corrected chi connectivity index (χ1v) is 10.0. The molecule has 1 N–H and O–H groups in total. The number of aryl methyl sites for hydroxylation is 1. The maximum absolute atomic E-state index is 12.7. The standard InChI is InChI=1S/C23H22ClN3O4/c1-14-20(21(24)27(26-14)13-17-7-5-4-6-8-17)23(30)31-16(3)22(29)25-19-11-9-18(10-12-19)15(2)28/h4-12,16H,13H2,1-3H3,(H,25,29). The molecule has 0 aliphatic rings. The minimum Gasteiger partial charge on any atom is -0.449 e. The van der Waals surface area contributed by atoms with Crippen LogP contribution in [0.2, 0.25) is 5.15 Å². The Morgan fingerprint density at radius 2 is 1.74 bits per heavy atom. The molecule has 8 heteroatoms. The molecule has 0 radical (unpaired) electrons. The first-order valence-electron chi connectivity index (χ1n) is 9.66. The smallest absolute Gasteiger partial charge is 0.343 e. The molecule has 0 spiro atoms. The number of nitrogens with zero attached hydrogens (tertiary/aromatic N) is 2. The summed E-state index contributed by atoms with van der Waals surface area (Å²) in [6, 6.07) is 16.0. The van der Waals surface area contributed by atoms with Crippen molar-refractivity contribution in [3.05, 3.63) is 82.1 Å². The number of ketones is 1. The van der Waals surface area contributed by atoms with Crippen molar-refractivity contribution >= 4 is 34.9 Å². The van der Waals surface area contributed by atoms with Gasteiger partial charge in [-0.3, -0.25) is 9.59 Å². The third-order valence-electron chi connectivity index (χ3n) is 4.66. The molecular formula is C23H22ClN3O4. The van der Waals surface area contributed by atoms with E-state index in [1.54, 1.807) is 31.2 Å².